The molecule has 1 atom stereocenters. The van der Waals surface area contributed by atoms with E-state index in [1.165, 1.54) is 23.7 Å². The number of carbonyl (C=O) groups is 1. The van der Waals surface area contributed by atoms with Gasteiger partial charge in [0.15, 0.2) is 9.84 Å². The molecule has 0 aliphatic carbocycles. The number of aryl methyl sites for hydroxylation is 1. The minimum Gasteiger partial charge on any atom is -0.340 e. The van der Waals surface area contributed by atoms with Gasteiger partial charge in [0, 0.05) is 27.2 Å². The molecule has 1 aliphatic rings. The molecule has 11 heteroatoms. The van der Waals surface area contributed by atoms with Crippen LogP contribution in [0.4, 0.5) is 0 Å². The van der Waals surface area contributed by atoms with Gasteiger partial charge in [-0.3, -0.25) is 9.48 Å². The maximum absolute atomic E-state index is 12.5. The number of nitrogens with zero attached hydrogens (tertiary/aromatic N) is 4. The van der Waals surface area contributed by atoms with E-state index in [2.05, 4.69) is 5.10 Å². The minimum absolute atomic E-state index is 0.0351. The molecular formula is C14H24N4O5S2. The van der Waals surface area contributed by atoms with Crippen molar-refractivity contribution in [1.29, 1.82) is 0 Å². The second-order valence-corrected chi connectivity index (χ2v) is 10.8. The maximum atomic E-state index is 12.5. The summed E-state index contributed by atoms with van der Waals surface area (Å²) in [6.45, 7) is 3.05. The molecule has 0 N–H and O–H groups in total. The highest BCUT2D eigenvalue weighted by molar-refractivity contribution is 7.91. The van der Waals surface area contributed by atoms with Gasteiger partial charge in [-0.1, -0.05) is 0 Å². The van der Waals surface area contributed by atoms with Crippen LogP contribution in [0, 0.1) is 13.8 Å². The number of aromatic nitrogens is 2. The van der Waals surface area contributed by atoms with E-state index < -0.39 is 19.9 Å². The van der Waals surface area contributed by atoms with E-state index in [9.17, 15) is 21.6 Å². The first-order valence-electron chi connectivity index (χ1n) is 7.79. The Balaban J connectivity index is 2.23. The third-order valence-corrected chi connectivity index (χ3v) is 8.31. The quantitative estimate of drug-likeness (QED) is 0.662. The number of sulfonamides is 1. The van der Waals surface area contributed by atoms with E-state index >= 15 is 0 Å². The monoisotopic (exact) mass is 392 g/mol. The number of amides is 1. The lowest BCUT2D eigenvalue weighted by atomic mass is 10.2. The Morgan fingerprint density at radius 2 is 1.88 bits per heavy atom. The zero-order chi connectivity index (χ0) is 19.2. The first kappa shape index (κ1) is 19.9. The maximum Gasteiger partial charge on any atom is 0.246 e. The largest absolute Gasteiger partial charge is 0.340 e. The molecule has 0 radical (unpaired) electrons. The molecule has 0 aromatic carbocycles. The molecule has 1 aromatic rings. The summed E-state index contributed by atoms with van der Waals surface area (Å²) in [4.78, 5) is 14.0. The number of hydrogen-bond acceptors (Lipinski definition) is 6. The Hall–Kier alpha value is -1.46. The van der Waals surface area contributed by atoms with Gasteiger partial charge in [-0.2, -0.15) is 5.10 Å². The Labute approximate surface area is 148 Å². The van der Waals surface area contributed by atoms with E-state index in [0.717, 1.165) is 4.31 Å². The van der Waals surface area contributed by atoms with Crippen molar-refractivity contribution in [2.45, 2.75) is 37.8 Å². The Kier molecular flexibility index (Phi) is 5.31. The van der Waals surface area contributed by atoms with Crippen molar-refractivity contribution in [2.75, 3.05) is 32.6 Å². The second-order valence-electron chi connectivity index (χ2n) is 6.51. The molecule has 2 heterocycles. The number of rotatable bonds is 5. The third-order valence-electron chi connectivity index (χ3n) is 4.49. The Morgan fingerprint density at radius 3 is 2.36 bits per heavy atom. The number of carbonyl (C=O) groups excluding carboxylic acids is 1. The minimum atomic E-state index is -3.66. The molecule has 2 rings (SSSR count). The van der Waals surface area contributed by atoms with Gasteiger partial charge in [-0.15, -0.1) is 0 Å². The van der Waals surface area contributed by atoms with E-state index in [1.807, 2.05) is 0 Å². The van der Waals surface area contributed by atoms with Gasteiger partial charge in [-0.25, -0.2) is 21.1 Å². The smallest absolute Gasteiger partial charge is 0.246 e. The lowest BCUT2D eigenvalue weighted by molar-refractivity contribution is -0.132. The van der Waals surface area contributed by atoms with Crippen molar-refractivity contribution in [1.82, 2.24) is 19.0 Å². The average Bonchev–Trinajstić information content (AvgIpc) is 2.98. The summed E-state index contributed by atoms with van der Waals surface area (Å²) < 4.78 is 50.4. The van der Waals surface area contributed by atoms with Crippen LogP contribution in [0.2, 0.25) is 0 Å². The van der Waals surface area contributed by atoms with Crippen molar-refractivity contribution in [3.05, 3.63) is 11.4 Å². The molecule has 1 amide bonds. The second kappa shape index (κ2) is 6.69. The van der Waals surface area contributed by atoms with E-state index in [-0.39, 0.29) is 34.9 Å². The summed E-state index contributed by atoms with van der Waals surface area (Å²) in [5.41, 5.74) is 0.706. The summed E-state index contributed by atoms with van der Waals surface area (Å²) >= 11 is 0. The van der Waals surface area contributed by atoms with Gasteiger partial charge in [-0.05, 0) is 20.3 Å². The van der Waals surface area contributed by atoms with Crippen LogP contribution < -0.4 is 0 Å². The van der Waals surface area contributed by atoms with Gasteiger partial charge in [0.05, 0.1) is 22.9 Å². The fraction of sp³-hybridized carbons (Fsp3) is 0.714. The number of likely N-dealkylation sites (N-methyl/N-ethyl adjacent to an activating group) is 1. The van der Waals surface area contributed by atoms with Crippen LogP contribution >= 0.6 is 0 Å². The van der Waals surface area contributed by atoms with Crippen molar-refractivity contribution in [3.63, 3.8) is 0 Å². The van der Waals surface area contributed by atoms with E-state index in [1.54, 1.807) is 20.9 Å². The van der Waals surface area contributed by atoms with Gasteiger partial charge >= 0.3 is 0 Å². The highest BCUT2D eigenvalue weighted by atomic mass is 32.2. The molecular weight excluding hydrogens is 368 g/mol. The molecule has 1 aliphatic heterocycles. The topological polar surface area (TPSA) is 110 Å². The number of sulfone groups is 1. The van der Waals surface area contributed by atoms with Gasteiger partial charge in [0.1, 0.15) is 11.4 Å². The molecule has 1 saturated heterocycles. The standard InChI is InChI=1S/C14H24N4O5S2/c1-10-14(25(22,23)16(3)4)11(2)18(15-10)8-13(19)17(5)12-6-7-24(20,21)9-12/h12H,6-9H2,1-5H3/t12-/m1/s1. The molecule has 142 valence electrons. The van der Waals surface area contributed by atoms with E-state index in [4.69, 9.17) is 0 Å². The Bertz CT molecular complexity index is 887. The summed E-state index contributed by atoms with van der Waals surface area (Å²) in [6, 6.07) is -0.348. The molecule has 1 aromatic heterocycles. The van der Waals surface area contributed by atoms with Gasteiger partial charge in [0.2, 0.25) is 15.9 Å². The molecule has 0 saturated carbocycles. The third kappa shape index (κ3) is 3.87. The average molecular weight is 393 g/mol. The Morgan fingerprint density at radius 1 is 1.28 bits per heavy atom. The first-order chi connectivity index (χ1) is 11.4. The molecule has 0 spiro atoms. The van der Waals surface area contributed by atoms with Crippen LogP contribution in [0.15, 0.2) is 4.90 Å². The van der Waals surface area contributed by atoms with Gasteiger partial charge in [0.25, 0.3) is 0 Å². The van der Waals surface area contributed by atoms with Crippen LogP contribution in [0.5, 0.6) is 0 Å². The highest BCUT2D eigenvalue weighted by Crippen LogP contribution is 2.22. The fourth-order valence-corrected chi connectivity index (χ4v) is 5.95. The lowest BCUT2D eigenvalue weighted by Gasteiger charge is -2.23. The highest BCUT2D eigenvalue weighted by Gasteiger charge is 2.33. The zero-order valence-electron chi connectivity index (χ0n) is 15.1. The SMILES string of the molecule is Cc1nn(CC(=O)N(C)[C@@H]2CCS(=O)(=O)C2)c(C)c1S(=O)(=O)N(C)C. The van der Waals surface area contributed by atoms with Crippen molar-refractivity contribution in [3.8, 4) is 0 Å². The summed E-state index contributed by atoms with van der Waals surface area (Å²) in [5.74, 6) is -0.256. The lowest BCUT2D eigenvalue weighted by Crippen LogP contribution is -2.40. The molecule has 1 fully saturated rings. The normalized spacial score (nSPS) is 20.2. The summed E-state index contributed by atoms with van der Waals surface area (Å²) in [6.07, 6.45) is 0.419. The molecule has 0 bridgehead atoms. The van der Waals surface area contributed by atoms with Gasteiger partial charge < -0.3 is 4.90 Å². The van der Waals surface area contributed by atoms with Crippen LogP contribution in [0.1, 0.15) is 17.8 Å². The first-order valence-corrected chi connectivity index (χ1v) is 11.1. The molecule has 9 nitrogen and oxygen atoms in total. The summed E-state index contributed by atoms with van der Waals surface area (Å²) in [5, 5.41) is 4.18. The van der Waals surface area contributed by atoms with Crippen LogP contribution in [0.3, 0.4) is 0 Å². The van der Waals surface area contributed by atoms with Crippen molar-refractivity contribution >= 4 is 25.8 Å². The number of hydrogen-bond donors (Lipinski definition) is 0. The van der Waals surface area contributed by atoms with Crippen molar-refractivity contribution in [2.24, 2.45) is 0 Å². The summed E-state index contributed by atoms with van der Waals surface area (Å²) in [7, 11) is -2.31. The predicted octanol–water partition coefficient (Wildman–Crippen LogP) is -0.604. The zero-order valence-corrected chi connectivity index (χ0v) is 16.7. The van der Waals surface area contributed by atoms with Crippen LogP contribution in [-0.4, -0.2) is 80.4 Å². The molecule has 0 unspecified atom stereocenters. The van der Waals surface area contributed by atoms with E-state index in [0.29, 0.717) is 17.8 Å². The fourth-order valence-electron chi connectivity index (χ4n) is 2.91. The predicted molar refractivity (Wildman–Crippen MR) is 92.4 cm³/mol. The molecule has 25 heavy (non-hydrogen) atoms. The van der Waals surface area contributed by atoms with Crippen LogP contribution in [-0.2, 0) is 31.2 Å². The van der Waals surface area contributed by atoms with Crippen molar-refractivity contribution < 1.29 is 21.6 Å². The van der Waals surface area contributed by atoms with Crippen LogP contribution in [0.25, 0.3) is 0 Å².